The number of carbonyl (C=O) groups excluding carboxylic acids is 1. The highest BCUT2D eigenvalue weighted by Crippen LogP contribution is 2.46. The Balaban J connectivity index is 1.44. The fraction of sp³-hybridized carbons (Fsp3) is 0.240. The van der Waals surface area contributed by atoms with Gasteiger partial charge in [0.25, 0.3) is 0 Å². The minimum absolute atomic E-state index is 0.00302. The molecular formula is C25H22N2O3S. The van der Waals surface area contributed by atoms with E-state index in [1.165, 1.54) is 9.75 Å². The third-order valence-corrected chi connectivity index (χ3v) is 7.31. The van der Waals surface area contributed by atoms with Crippen molar-refractivity contribution in [1.29, 1.82) is 0 Å². The molecule has 1 aliphatic carbocycles. The lowest BCUT2D eigenvalue weighted by atomic mass is 9.77. The highest BCUT2D eigenvalue weighted by Gasteiger charge is 2.40. The van der Waals surface area contributed by atoms with Crippen LogP contribution in [0.3, 0.4) is 0 Å². The summed E-state index contributed by atoms with van der Waals surface area (Å²) in [5.41, 5.74) is 4.04. The number of Topliss-reactive ketones (excluding diaryl/α,β-unsaturated/α-hetero) is 1. The Morgan fingerprint density at radius 1 is 1.00 bits per heavy atom. The first-order valence-corrected chi connectivity index (χ1v) is 11.3. The highest BCUT2D eigenvalue weighted by atomic mass is 32.1. The zero-order valence-corrected chi connectivity index (χ0v) is 17.9. The SMILES string of the molecule is Cc1ccc(C2Nc3ccccc3NC3=CC(c4ccc5c(c4)OCO5)CC(=O)C32)s1. The smallest absolute Gasteiger partial charge is 0.231 e. The number of aryl methyl sites for hydroxylation is 1. The molecule has 3 aromatic rings. The van der Waals surface area contributed by atoms with Crippen LogP contribution in [0.25, 0.3) is 0 Å². The van der Waals surface area contributed by atoms with Crippen LogP contribution >= 0.6 is 11.3 Å². The molecule has 0 saturated carbocycles. The van der Waals surface area contributed by atoms with Gasteiger partial charge in [0.1, 0.15) is 5.78 Å². The fourth-order valence-corrected chi connectivity index (χ4v) is 5.69. The van der Waals surface area contributed by atoms with Gasteiger partial charge in [-0.2, -0.15) is 0 Å². The minimum Gasteiger partial charge on any atom is -0.454 e. The van der Waals surface area contributed by atoms with Crippen LogP contribution in [-0.2, 0) is 4.79 Å². The van der Waals surface area contributed by atoms with Gasteiger partial charge in [0.05, 0.1) is 23.3 Å². The number of allylic oxidation sites excluding steroid dienone is 1. The Labute approximate surface area is 184 Å². The van der Waals surface area contributed by atoms with E-state index in [0.717, 1.165) is 34.1 Å². The van der Waals surface area contributed by atoms with Crippen molar-refractivity contribution in [2.45, 2.75) is 25.3 Å². The van der Waals surface area contributed by atoms with Crippen molar-refractivity contribution in [2.24, 2.45) is 5.92 Å². The molecule has 5 nitrogen and oxygen atoms in total. The zero-order valence-electron chi connectivity index (χ0n) is 17.1. The van der Waals surface area contributed by atoms with Crippen molar-refractivity contribution in [2.75, 3.05) is 17.4 Å². The maximum atomic E-state index is 13.6. The average Bonchev–Trinajstić information content (AvgIpc) is 3.38. The van der Waals surface area contributed by atoms with E-state index in [2.05, 4.69) is 47.9 Å². The van der Waals surface area contributed by atoms with Gasteiger partial charge in [-0.25, -0.2) is 0 Å². The molecule has 2 N–H and O–H groups in total. The van der Waals surface area contributed by atoms with E-state index in [1.807, 2.05) is 30.3 Å². The molecule has 3 heterocycles. The zero-order chi connectivity index (χ0) is 20.9. The van der Waals surface area contributed by atoms with Gasteiger partial charge >= 0.3 is 0 Å². The summed E-state index contributed by atoms with van der Waals surface area (Å²) in [5, 5.41) is 7.23. The minimum atomic E-state index is -0.254. The van der Waals surface area contributed by atoms with Crippen LogP contribution in [0.5, 0.6) is 11.5 Å². The molecule has 2 aromatic carbocycles. The molecule has 3 aliphatic rings. The fourth-order valence-electron chi connectivity index (χ4n) is 4.72. The molecule has 0 bridgehead atoms. The molecule has 6 heteroatoms. The summed E-state index contributed by atoms with van der Waals surface area (Å²) >= 11 is 1.75. The Morgan fingerprint density at radius 2 is 1.84 bits per heavy atom. The molecule has 31 heavy (non-hydrogen) atoms. The molecule has 0 saturated heterocycles. The maximum Gasteiger partial charge on any atom is 0.231 e. The van der Waals surface area contributed by atoms with E-state index in [-0.39, 0.29) is 30.5 Å². The highest BCUT2D eigenvalue weighted by molar-refractivity contribution is 7.12. The predicted octanol–water partition coefficient (Wildman–Crippen LogP) is 5.62. The molecule has 0 spiro atoms. The summed E-state index contributed by atoms with van der Waals surface area (Å²) in [6.45, 7) is 2.35. The molecule has 3 unspecified atom stereocenters. The van der Waals surface area contributed by atoms with Crippen LogP contribution in [-0.4, -0.2) is 12.6 Å². The second-order valence-corrected chi connectivity index (χ2v) is 9.55. The standard InChI is InChI=1S/C25H22N2O3S/c1-14-6-9-23(31-14)25-24-19(26-17-4-2-3-5-18(17)27-25)10-16(11-20(24)28)15-7-8-21-22(12-15)30-13-29-21/h2-10,12,16,24-27H,11,13H2,1H3. The third-order valence-electron chi connectivity index (χ3n) is 6.23. The first-order chi connectivity index (χ1) is 15.2. The summed E-state index contributed by atoms with van der Waals surface area (Å²) in [5.74, 6) is 1.49. The second-order valence-electron chi connectivity index (χ2n) is 8.23. The van der Waals surface area contributed by atoms with E-state index < -0.39 is 0 Å². The number of fused-ring (bicyclic) bond motifs is 3. The molecule has 0 radical (unpaired) electrons. The van der Waals surface area contributed by atoms with Crippen molar-refractivity contribution in [1.82, 2.24) is 0 Å². The number of hydrogen-bond acceptors (Lipinski definition) is 6. The number of hydrogen-bond donors (Lipinski definition) is 2. The predicted molar refractivity (Wildman–Crippen MR) is 122 cm³/mol. The summed E-state index contributed by atoms with van der Waals surface area (Å²) in [4.78, 5) is 16.0. The van der Waals surface area contributed by atoms with Crippen LogP contribution in [0.4, 0.5) is 11.4 Å². The Morgan fingerprint density at radius 3 is 2.68 bits per heavy atom. The Kier molecular flexibility index (Phi) is 4.28. The van der Waals surface area contributed by atoms with E-state index in [9.17, 15) is 4.79 Å². The summed E-state index contributed by atoms with van der Waals surface area (Å²) in [6, 6.07) is 18.3. The number of para-hydroxylation sites is 2. The van der Waals surface area contributed by atoms with Crippen molar-refractivity contribution in [3.8, 4) is 11.5 Å². The van der Waals surface area contributed by atoms with E-state index >= 15 is 0 Å². The molecule has 3 atom stereocenters. The Bertz CT molecular complexity index is 1210. The number of anilines is 2. The monoisotopic (exact) mass is 430 g/mol. The summed E-state index contributed by atoms with van der Waals surface area (Å²) in [7, 11) is 0. The maximum absolute atomic E-state index is 13.6. The molecular weight excluding hydrogens is 408 g/mol. The van der Waals surface area contributed by atoms with Gasteiger partial charge in [0.15, 0.2) is 11.5 Å². The lowest BCUT2D eigenvalue weighted by Gasteiger charge is -2.31. The first kappa shape index (κ1) is 18.5. The summed E-state index contributed by atoms with van der Waals surface area (Å²) < 4.78 is 11.0. The first-order valence-electron chi connectivity index (χ1n) is 10.5. The Hall–Kier alpha value is -3.25. The van der Waals surface area contributed by atoms with Gasteiger partial charge in [-0.05, 0) is 48.9 Å². The van der Waals surface area contributed by atoms with Crippen molar-refractivity contribution in [3.05, 3.63) is 81.7 Å². The van der Waals surface area contributed by atoms with Crippen LogP contribution in [0.15, 0.2) is 66.4 Å². The van der Waals surface area contributed by atoms with Gasteiger partial charge in [-0.1, -0.05) is 24.3 Å². The van der Waals surface area contributed by atoms with E-state index in [4.69, 9.17) is 9.47 Å². The molecule has 6 rings (SSSR count). The van der Waals surface area contributed by atoms with Gasteiger partial charge in [-0.15, -0.1) is 11.3 Å². The third kappa shape index (κ3) is 3.18. The number of nitrogens with one attached hydrogen (secondary N) is 2. The lowest BCUT2D eigenvalue weighted by molar-refractivity contribution is -0.122. The van der Waals surface area contributed by atoms with Gasteiger partial charge in [0, 0.05) is 27.8 Å². The van der Waals surface area contributed by atoms with Crippen LogP contribution in [0, 0.1) is 12.8 Å². The van der Waals surface area contributed by atoms with E-state index in [1.54, 1.807) is 11.3 Å². The number of ketones is 1. The van der Waals surface area contributed by atoms with Gasteiger partial charge in [0.2, 0.25) is 6.79 Å². The van der Waals surface area contributed by atoms with E-state index in [0.29, 0.717) is 6.42 Å². The largest absolute Gasteiger partial charge is 0.454 e. The molecule has 1 aromatic heterocycles. The topological polar surface area (TPSA) is 59.6 Å². The van der Waals surface area contributed by atoms with Gasteiger partial charge < -0.3 is 20.1 Å². The molecule has 156 valence electrons. The number of carbonyl (C=O) groups is 1. The second kappa shape index (κ2) is 7.17. The van der Waals surface area contributed by atoms with Crippen LogP contribution < -0.4 is 20.1 Å². The number of rotatable bonds is 2. The average molecular weight is 431 g/mol. The number of ether oxygens (including phenoxy) is 2. The summed E-state index contributed by atoms with van der Waals surface area (Å²) in [6.07, 6.45) is 2.69. The quantitative estimate of drug-likeness (QED) is 0.553. The van der Waals surface area contributed by atoms with Crippen LogP contribution in [0.2, 0.25) is 0 Å². The van der Waals surface area contributed by atoms with Gasteiger partial charge in [-0.3, -0.25) is 4.79 Å². The van der Waals surface area contributed by atoms with Crippen LogP contribution in [0.1, 0.15) is 33.7 Å². The number of thiophene rings is 1. The molecule has 2 aliphatic heterocycles. The van der Waals surface area contributed by atoms with Crippen molar-refractivity contribution in [3.63, 3.8) is 0 Å². The molecule has 0 fully saturated rings. The molecule has 0 amide bonds. The van der Waals surface area contributed by atoms with Crippen molar-refractivity contribution >= 4 is 28.5 Å². The lowest BCUT2D eigenvalue weighted by Crippen LogP contribution is -2.33. The normalized spacial score (nSPS) is 23.7. The number of benzene rings is 2. The van der Waals surface area contributed by atoms with Crippen molar-refractivity contribution < 1.29 is 14.3 Å².